The number of hydrogen-bond donors (Lipinski definition) is 3. The highest BCUT2D eigenvalue weighted by molar-refractivity contribution is 7.85. The normalized spacial score (nSPS) is 16.2. The highest BCUT2D eigenvalue weighted by Crippen LogP contribution is 2.52. The number of methoxy groups -OCH3 is 2. The molecule has 32 heteroatoms. The molecule has 1 aliphatic carbocycles. The van der Waals surface area contributed by atoms with E-state index in [1.807, 2.05) is 31.4 Å². The molecule has 0 amide bonds. The summed E-state index contributed by atoms with van der Waals surface area (Å²) in [6.07, 6.45) is 5.84. The Balaban J connectivity index is 1.01. The second-order valence-corrected chi connectivity index (χ2v) is 27.6. The summed E-state index contributed by atoms with van der Waals surface area (Å²) >= 11 is 0. The first-order valence-corrected chi connectivity index (χ1v) is 39.8. The monoisotopic (exact) mass is 1590 g/mol. The molecule has 1 unspecified atom stereocenters. The minimum Gasteiger partial charge on any atom is -0.506 e. The first kappa shape index (κ1) is 95.7. The fourth-order valence-electron chi connectivity index (χ4n) is 11.7. The first-order chi connectivity index (χ1) is 53.6. The lowest BCUT2D eigenvalue weighted by atomic mass is 9.75. The van der Waals surface area contributed by atoms with Crippen molar-refractivity contribution in [3.8, 4) is 0 Å². The third-order valence-corrected chi connectivity index (χ3v) is 18.5. The maximum absolute atomic E-state index is 14.7. The summed E-state index contributed by atoms with van der Waals surface area (Å²) < 4.78 is 159. The van der Waals surface area contributed by atoms with E-state index in [4.69, 9.17) is 104 Å². The van der Waals surface area contributed by atoms with Gasteiger partial charge in [0.1, 0.15) is 12.4 Å². The lowest BCUT2D eigenvalue weighted by Crippen LogP contribution is -2.33. The number of aliphatic carboxylic acids is 1. The van der Waals surface area contributed by atoms with Crippen molar-refractivity contribution < 1.29 is 142 Å². The molecule has 2 aromatic rings. The Morgan fingerprint density at radius 2 is 0.809 bits per heavy atom. The molecule has 0 fully saturated rings. The smallest absolute Gasteiger partial charge is 0.303 e. The lowest BCUT2D eigenvalue weighted by molar-refractivity contribution is -0.442. The Bertz CT molecular complexity index is 3080. The number of carboxylic acids is 1. The lowest BCUT2D eigenvalue weighted by Gasteiger charge is -2.32. The number of aliphatic hydroxyl groups is 1. The molecule has 2 aromatic carbocycles. The largest absolute Gasteiger partial charge is 0.506 e. The molecule has 0 saturated heterocycles. The molecule has 0 saturated carbocycles. The Kier molecular flexibility index (Phi) is 51.2. The summed E-state index contributed by atoms with van der Waals surface area (Å²) in [6, 6.07) is 10.6. The van der Waals surface area contributed by atoms with Crippen molar-refractivity contribution in [1.29, 1.82) is 0 Å². The van der Waals surface area contributed by atoms with Crippen molar-refractivity contribution in [2.45, 2.75) is 75.5 Å². The van der Waals surface area contributed by atoms with Crippen molar-refractivity contribution in [1.82, 2.24) is 0 Å². The van der Waals surface area contributed by atoms with Crippen molar-refractivity contribution in [2.24, 2.45) is 0 Å². The molecule has 0 spiro atoms. The van der Waals surface area contributed by atoms with Gasteiger partial charge in [0.05, 0.1) is 286 Å². The summed E-state index contributed by atoms with van der Waals surface area (Å²) in [7, 11) is -1.30. The van der Waals surface area contributed by atoms with E-state index in [-0.39, 0.29) is 53.8 Å². The second kappa shape index (κ2) is 58.9. The number of carboxylic acid groups (broad SMARTS) is 1. The van der Waals surface area contributed by atoms with Gasteiger partial charge in [-0.2, -0.15) is 13.0 Å². The topological polar surface area (TPSA) is 338 Å². The van der Waals surface area contributed by atoms with Gasteiger partial charge in [0, 0.05) is 68.3 Å². The van der Waals surface area contributed by atoms with Gasteiger partial charge in [0.15, 0.2) is 12.3 Å². The molecule has 628 valence electrons. The first-order valence-electron chi connectivity index (χ1n) is 38.4. The van der Waals surface area contributed by atoms with Crippen molar-refractivity contribution in [3.05, 3.63) is 87.8 Å². The third kappa shape index (κ3) is 38.0. The van der Waals surface area contributed by atoms with E-state index in [2.05, 4.69) is 24.0 Å². The summed E-state index contributed by atoms with van der Waals surface area (Å²) in [5, 5.41) is 21.5. The summed E-state index contributed by atoms with van der Waals surface area (Å²) in [4.78, 5) is 28.0. The molecule has 0 radical (unpaired) electrons. The molecule has 0 aromatic heterocycles. The van der Waals surface area contributed by atoms with Crippen LogP contribution in [0.25, 0.3) is 0 Å². The highest BCUT2D eigenvalue weighted by atomic mass is 32.2. The zero-order valence-corrected chi connectivity index (χ0v) is 66.8. The Labute approximate surface area is 650 Å². The second-order valence-electron chi connectivity index (χ2n) is 26.2. The molecule has 1 atom stereocenters. The van der Waals surface area contributed by atoms with Crippen LogP contribution in [0, 0.1) is 6.92 Å². The van der Waals surface area contributed by atoms with Gasteiger partial charge in [-0.25, -0.2) is 0 Å². The number of rotatable bonds is 75. The number of carbonyl (C=O) groups is 2. The van der Waals surface area contributed by atoms with Gasteiger partial charge in [-0.3, -0.25) is 14.1 Å². The summed E-state index contributed by atoms with van der Waals surface area (Å²) in [5.41, 5.74) is 4.26. The van der Waals surface area contributed by atoms with Crippen LogP contribution in [0.2, 0.25) is 0 Å². The average molecular weight is 1590 g/mol. The maximum atomic E-state index is 14.7. The summed E-state index contributed by atoms with van der Waals surface area (Å²) in [6.45, 7) is 27.1. The van der Waals surface area contributed by atoms with Crippen LogP contribution in [0.15, 0.2) is 76.0 Å². The standard InChI is InChI=1S/C78H126N2O29S/c1-64-11-13-71-69(60-64)78(4,15-18-90-24-26-94-32-34-98-40-42-102-48-50-106-56-58-108-54-52-104-46-44-100-38-36-96-30-28-92-22-20-88-5)73(79(71)16-9-7-8-10-74(81)82)63-67-75(83)66(76(67)84)62-72-77(2,3)68-61-65(110(85,86)87)12-14-70(68)80(72)17-19-91-25-27-95-33-35-99-41-43-103-49-51-107-57-59-109-55-53-105-47-45-101-39-37-97-31-29-93-23-21-89-6/h11-14,60-63H,7-10,15-59H2,1-6H3,(H2-,81,82,83,84,85,86,87)/p+1. The number of fused-ring (bicyclic) bond motifs is 2. The predicted octanol–water partition coefficient (Wildman–Crippen LogP) is 6.26. The number of carbonyl (C=O) groups excluding carboxylic acids is 1. The number of unbranched alkanes of at least 4 members (excludes halogenated alkanes) is 2. The van der Waals surface area contributed by atoms with Crippen molar-refractivity contribution in [2.75, 3.05) is 310 Å². The fourth-order valence-corrected chi connectivity index (χ4v) is 12.2. The number of Topliss-reactive ketones (excluding diaryl/α,β-unsaturated/α-hetero) is 1. The van der Waals surface area contributed by atoms with Crippen LogP contribution < -0.4 is 4.90 Å². The minimum absolute atomic E-state index is 0.0559. The summed E-state index contributed by atoms with van der Waals surface area (Å²) in [5.74, 6) is -1.44. The predicted molar refractivity (Wildman–Crippen MR) is 407 cm³/mol. The molecule has 5 rings (SSSR count). The number of nitrogens with zero attached hydrogens (tertiary/aromatic N) is 2. The van der Waals surface area contributed by atoms with Gasteiger partial charge in [-0.05, 0) is 76.8 Å². The van der Waals surface area contributed by atoms with E-state index in [0.717, 1.165) is 22.5 Å². The van der Waals surface area contributed by atoms with Crippen LogP contribution in [0.1, 0.15) is 69.6 Å². The SMILES string of the molecule is COCCOCCOCCOCCOCCOCCOCCOCCOCCOCCOCC[N+]1=C(C=C2C(=O)C(C=C3N(CCCCCC(=O)O)c4ccc(C)cc4C3(C)CCOCCOCCOCCOCCOCCOCCOCCOCCOCCOCCOC)=C2O)C(C)(C)c2cc(S(=O)(=O)O)ccc21. The van der Waals surface area contributed by atoms with E-state index >= 15 is 0 Å². The third-order valence-electron chi connectivity index (χ3n) is 17.7. The van der Waals surface area contributed by atoms with E-state index in [9.17, 15) is 32.8 Å². The number of benzene rings is 2. The maximum Gasteiger partial charge on any atom is 0.303 e. The molecular weight excluding hydrogens is 1460 g/mol. The zero-order valence-electron chi connectivity index (χ0n) is 66.0. The van der Waals surface area contributed by atoms with Crippen LogP contribution in [0.4, 0.5) is 11.4 Å². The molecule has 110 heavy (non-hydrogen) atoms. The van der Waals surface area contributed by atoms with E-state index in [1.165, 1.54) is 12.1 Å². The highest BCUT2D eigenvalue weighted by Gasteiger charge is 2.49. The average Bonchev–Trinajstić information content (AvgIpc) is 1.56. The van der Waals surface area contributed by atoms with Crippen molar-refractivity contribution in [3.63, 3.8) is 0 Å². The number of aliphatic hydroxyl groups excluding tert-OH is 1. The Hall–Kier alpha value is -4.90. The number of allylic oxidation sites excluding steroid dienone is 5. The molecule has 31 nitrogen and oxygen atoms in total. The zero-order chi connectivity index (χ0) is 79.0. The number of ether oxygens (including phenoxy) is 22. The van der Waals surface area contributed by atoms with Crippen LogP contribution in [0.5, 0.6) is 0 Å². The van der Waals surface area contributed by atoms with E-state index in [0.29, 0.717) is 313 Å². The van der Waals surface area contributed by atoms with Crippen LogP contribution in [-0.4, -0.2) is 350 Å². The van der Waals surface area contributed by atoms with Crippen LogP contribution in [-0.2, 0) is 135 Å². The van der Waals surface area contributed by atoms with Crippen molar-refractivity contribution >= 4 is 39.0 Å². The fraction of sp³-hybridized carbons (Fsp3) is 0.731. The number of hydrogen-bond acceptors (Lipinski definition) is 28. The molecule has 2 aliphatic heterocycles. The number of anilines is 1. The Morgan fingerprint density at radius 3 is 1.15 bits per heavy atom. The molecule has 0 bridgehead atoms. The van der Waals surface area contributed by atoms with Gasteiger partial charge in [0.25, 0.3) is 10.1 Å². The molecular formula is C78H127N2O29S+. The Morgan fingerprint density at radius 1 is 0.455 bits per heavy atom. The molecule has 3 N–H and O–H groups in total. The minimum atomic E-state index is -4.57. The van der Waals surface area contributed by atoms with Gasteiger partial charge in [0.2, 0.25) is 11.5 Å². The molecule has 2 heterocycles. The van der Waals surface area contributed by atoms with E-state index < -0.39 is 26.9 Å². The van der Waals surface area contributed by atoms with Gasteiger partial charge < -0.3 is 119 Å². The number of ketones is 1. The number of aryl methyl sites for hydroxylation is 1. The van der Waals surface area contributed by atoms with Crippen LogP contribution in [0.3, 0.4) is 0 Å². The quantitative estimate of drug-likeness (QED) is 0.0285. The van der Waals surface area contributed by atoms with Gasteiger partial charge in [-0.1, -0.05) is 24.1 Å². The molecule has 3 aliphatic rings. The van der Waals surface area contributed by atoms with Crippen LogP contribution >= 0.6 is 0 Å². The van der Waals surface area contributed by atoms with E-state index in [1.54, 1.807) is 32.4 Å². The van der Waals surface area contributed by atoms with Gasteiger partial charge in [-0.15, -0.1) is 0 Å². The van der Waals surface area contributed by atoms with Gasteiger partial charge >= 0.3 is 5.97 Å².